The standard InChI is InChI=1S/C16H14ClN3O/c17-12-4-3-5-13(9-12)19-20-16(21)8-11-10-18-15-7-2-1-6-14(11)15/h1-7,9-10,18-19H,8H2,(H,20,21). The highest BCUT2D eigenvalue weighted by Gasteiger charge is 2.08. The van der Waals surface area contributed by atoms with E-state index in [-0.39, 0.29) is 5.91 Å². The number of hydrazine groups is 1. The molecule has 0 radical (unpaired) electrons. The maximum atomic E-state index is 12.0. The van der Waals surface area contributed by atoms with E-state index < -0.39 is 0 Å². The summed E-state index contributed by atoms with van der Waals surface area (Å²) in [4.78, 5) is 15.1. The van der Waals surface area contributed by atoms with E-state index in [4.69, 9.17) is 11.6 Å². The Labute approximate surface area is 127 Å². The van der Waals surface area contributed by atoms with Crippen molar-refractivity contribution < 1.29 is 4.79 Å². The van der Waals surface area contributed by atoms with Gasteiger partial charge in [-0.25, -0.2) is 0 Å². The summed E-state index contributed by atoms with van der Waals surface area (Å²) in [6.45, 7) is 0. The van der Waals surface area contributed by atoms with Gasteiger partial charge < -0.3 is 4.98 Å². The number of rotatable bonds is 4. The lowest BCUT2D eigenvalue weighted by Crippen LogP contribution is -2.30. The van der Waals surface area contributed by atoms with Gasteiger partial charge in [-0.1, -0.05) is 35.9 Å². The van der Waals surface area contributed by atoms with Gasteiger partial charge in [-0.05, 0) is 29.8 Å². The molecular weight excluding hydrogens is 286 g/mol. The normalized spacial score (nSPS) is 10.5. The number of H-pyrrole nitrogens is 1. The minimum absolute atomic E-state index is 0.111. The molecule has 0 aliphatic carbocycles. The van der Waals surface area contributed by atoms with Crippen LogP contribution in [0.2, 0.25) is 5.02 Å². The predicted octanol–water partition coefficient (Wildman–Crippen LogP) is 3.51. The Morgan fingerprint density at radius 3 is 2.86 bits per heavy atom. The third kappa shape index (κ3) is 3.17. The first-order valence-corrected chi connectivity index (χ1v) is 6.95. The number of anilines is 1. The van der Waals surface area contributed by atoms with Gasteiger partial charge in [0.05, 0.1) is 12.1 Å². The summed E-state index contributed by atoms with van der Waals surface area (Å²) in [6, 6.07) is 15.1. The molecule has 21 heavy (non-hydrogen) atoms. The average molecular weight is 300 g/mol. The van der Waals surface area contributed by atoms with Gasteiger partial charge in [0.1, 0.15) is 0 Å². The quantitative estimate of drug-likeness (QED) is 0.646. The van der Waals surface area contributed by atoms with Crippen molar-refractivity contribution in [3.8, 4) is 0 Å². The van der Waals surface area contributed by atoms with E-state index in [0.717, 1.165) is 22.2 Å². The van der Waals surface area contributed by atoms with Crippen molar-refractivity contribution in [2.24, 2.45) is 0 Å². The summed E-state index contributed by atoms with van der Waals surface area (Å²) in [7, 11) is 0. The minimum atomic E-state index is -0.111. The van der Waals surface area contributed by atoms with Gasteiger partial charge in [0, 0.05) is 22.1 Å². The summed E-state index contributed by atoms with van der Waals surface area (Å²) < 4.78 is 0. The Kier molecular flexibility index (Phi) is 3.79. The van der Waals surface area contributed by atoms with Gasteiger partial charge in [-0.2, -0.15) is 0 Å². The molecule has 106 valence electrons. The number of benzene rings is 2. The Morgan fingerprint density at radius 1 is 1.14 bits per heavy atom. The third-order valence-corrected chi connectivity index (χ3v) is 3.43. The summed E-state index contributed by atoms with van der Waals surface area (Å²) in [5, 5.41) is 1.68. The van der Waals surface area contributed by atoms with E-state index in [0.29, 0.717) is 11.4 Å². The molecular formula is C16H14ClN3O. The van der Waals surface area contributed by atoms with Crippen LogP contribution in [0.1, 0.15) is 5.56 Å². The summed E-state index contributed by atoms with van der Waals surface area (Å²) in [6.07, 6.45) is 2.17. The fourth-order valence-corrected chi connectivity index (χ4v) is 2.39. The molecule has 0 atom stereocenters. The first kappa shape index (κ1) is 13.5. The molecule has 5 heteroatoms. The number of halogens is 1. The number of hydrogen-bond acceptors (Lipinski definition) is 2. The fraction of sp³-hybridized carbons (Fsp3) is 0.0625. The number of hydrogen-bond donors (Lipinski definition) is 3. The van der Waals surface area contributed by atoms with Crippen LogP contribution >= 0.6 is 11.6 Å². The van der Waals surface area contributed by atoms with Crippen LogP contribution < -0.4 is 10.9 Å². The van der Waals surface area contributed by atoms with Crippen LogP contribution in [0.25, 0.3) is 10.9 Å². The number of aromatic nitrogens is 1. The number of fused-ring (bicyclic) bond motifs is 1. The highest BCUT2D eigenvalue weighted by Crippen LogP contribution is 2.18. The van der Waals surface area contributed by atoms with E-state index in [1.54, 1.807) is 12.1 Å². The molecule has 3 rings (SSSR count). The molecule has 0 fully saturated rings. The lowest BCUT2D eigenvalue weighted by molar-refractivity contribution is -0.119. The van der Waals surface area contributed by atoms with E-state index >= 15 is 0 Å². The SMILES string of the molecule is O=C(Cc1c[nH]c2ccccc12)NNc1cccc(Cl)c1. The van der Waals surface area contributed by atoms with Gasteiger partial charge in [-0.15, -0.1) is 0 Å². The zero-order valence-electron chi connectivity index (χ0n) is 11.2. The largest absolute Gasteiger partial charge is 0.361 e. The molecule has 0 aliphatic rings. The van der Waals surface area contributed by atoms with Gasteiger partial charge in [-0.3, -0.25) is 15.6 Å². The molecule has 3 aromatic rings. The number of carbonyl (C=O) groups is 1. The molecule has 0 aliphatic heterocycles. The first-order chi connectivity index (χ1) is 10.2. The smallest absolute Gasteiger partial charge is 0.242 e. The van der Waals surface area contributed by atoms with E-state index in [9.17, 15) is 4.79 Å². The first-order valence-electron chi connectivity index (χ1n) is 6.58. The lowest BCUT2D eigenvalue weighted by Gasteiger charge is -2.08. The van der Waals surface area contributed by atoms with Crippen molar-refractivity contribution in [1.82, 2.24) is 10.4 Å². The van der Waals surface area contributed by atoms with Crippen molar-refractivity contribution in [3.05, 3.63) is 65.3 Å². The van der Waals surface area contributed by atoms with Gasteiger partial charge in [0.25, 0.3) is 0 Å². The number of para-hydroxylation sites is 1. The van der Waals surface area contributed by atoms with Crippen LogP contribution in [0.5, 0.6) is 0 Å². The number of nitrogens with one attached hydrogen (secondary N) is 3. The Morgan fingerprint density at radius 2 is 2.00 bits per heavy atom. The molecule has 2 aromatic carbocycles. The van der Waals surface area contributed by atoms with Crippen LogP contribution in [-0.2, 0) is 11.2 Å². The molecule has 1 amide bonds. The highest BCUT2D eigenvalue weighted by molar-refractivity contribution is 6.30. The molecule has 0 bridgehead atoms. The van der Waals surface area contributed by atoms with E-state index in [1.807, 2.05) is 42.6 Å². The minimum Gasteiger partial charge on any atom is -0.361 e. The molecule has 0 unspecified atom stereocenters. The monoisotopic (exact) mass is 299 g/mol. The van der Waals surface area contributed by atoms with Crippen LogP contribution in [0.15, 0.2) is 54.7 Å². The maximum absolute atomic E-state index is 12.0. The molecule has 4 nitrogen and oxygen atoms in total. The Balaban J connectivity index is 1.64. The van der Waals surface area contributed by atoms with E-state index in [2.05, 4.69) is 15.8 Å². The molecule has 3 N–H and O–H groups in total. The van der Waals surface area contributed by atoms with Crippen LogP contribution in [0.3, 0.4) is 0 Å². The van der Waals surface area contributed by atoms with Crippen molar-refractivity contribution in [2.75, 3.05) is 5.43 Å². The molecule has 0 spiro atoms. The lowest BCUT2D eigenvalue weighted by atomic mass is 10.1. The number of aromatic amines is 1. The summed E-state index contributed by atoms with van der Waals surface area (Å²) in [5.41, 5.74) is 8.26. The third-order valence-electron chi connectivity index (χ3n) is 3.20. The molecule has 0 saturated heterocycles. The molecule has 1 aromatic heterocycles. The zero-order valence-corrected chi connectivity index (χ0v) is 11.9. The Bertz CT molecular complexity index is 782. The summed E-state index contributed by atoms with van der Waals surface area (Å²) in [5.74, 6) is -0.111. The van der Waals surface area contributed by atoms with Crippen molar-refractivity contribution in [2.45, 2.75) is 6.42 Å². The van der Waals surface area contributed by atoms with E-state index in [1.165, 1.54) is 0 Å². The second kappa shape index (κ2) is 5.89. The maximum Gasteiger partial charge on any atom is 0.242 e. The topological polar surface area (TPSA) is 56.9 Å². The second-order valence-electron chi connectivity index (χ2n) is 4.72. The number of carbonyl (C=O) groups excluding carboxylic acids is 1. The molecule has 1 heterocycles. The van der Waals surface area contributed by atoms with Gasteiger partial charge in [0.2, 0.25) is 5.91 Å². The molecule has 0 saturated carbocycles. The zero-order chi connectivity index (χ0) is 14.7. The average Bonchev–Trinajstić information content (AvgIpc) is 2.89. The van der Waals surface area contributed by atoms with Gasteiger partial charge in [0.15, 0.2) is 0 Å². The van der Waals surface area contributed by atoms with Crippen LogP contribution in [0.4, 0.5) is 5.69 Å². The fourth-order valence-electron chi connectivity index (χ4n) is 2.20. The van der Waals surface area contributed by atoms with Crippen LogP contribution in [-0.4, -0.2) is 10.9 Å². The van der Waals surface area contributed by atoms with Crippen molar-refractivity contribution >= 4 is 34.1 Å². The highest BCUT2D eigenvalue weighted by atomic mass is 35.5. The second-order valence-corrected chi connectivity index (χ2v) is 5.16. The number of amides is 1. The van der Waals surface area contributed by atoms with Crippen LogP contribution in [0, 0.1) is 0 Å². The Hall–Kier alpha value is -2.46. The van der Waals surface area contributed by atoms with Crippen molar-refractivity contribution in [1.29, 1.82) is 0 Å². The van der Waals surface area contributed by atoms with Gasteiger partial charge >= 0.3 is 0 Å². The summed E-state index contributed by atoms with van der Waals surface area (Å²) >= 11 is 5.88. The van der Waals surface area contributed by atoms with Crippen molar-refractivity contribution in [3.63, 3.8) is 0 Å². The predicted molar refractivity (Wildman–Crippen MR) is 85.2 cm³/mol.